The van der Waals surface area contributed by atoms with Crippen molar-refractivity contribution < 1.29 is 9.53 Å². The minimum atomic E-state index is -0.212. The molecule has 1 heterocycles. The lowest BCUT2D eigenvalue weighted by Gasteiger charge is -2.24. The van der Waals surface area contributed by atoms with Gasteiger partial charge in [0.2, 0.25) is 5.90 Å². The molecule has 0 aliphatic carbocycles. The van der Waals surface area contributed by atoms with Crippen LogP contribution in [0.25, 0.3) is 0 Å². The van der Waals surface area contributed by atoms with Gasteiger partial charge in [-0.15, -0.1) is 5.10 Å². The Morgan fingerprint density at radius 2 is 1.76 bits per heavy atom. The van der Waals surface area contributed by atoms with Crippen molar-refractivity contribution in [2.24, 2.45) is 5.10 Å². The molecule has 1 aliphatic heterocycles. The van der Waals surface area contributed by atoms with E-state index < -0.39 is 0 Å². The van der Waals surface area contributed by atoms with Gasteiger partial charge in [0.05, 0.1) is 5.69 Å². The third kappa shape index (κ3) is 2.72. The van der Waals surface area contributed by atoms with Crippen LogP contribution >= 0.6 is 0 Å². The standard InChI is InChI=1S/C16H15N3O2/c1-11-2-4-12(5-3-11)16-18-19(15(20)10-21-16)14-8-6-13(17)7-9-14/h2-9H,10,17H2,1H3. The second-order valence-corrected chi connectivity index (χ2v) is 4.86. The van der Waals surface area contributed by atoms with Gasteiger partial charge in [0.15, 0.2) is 6.61 Å². The summed E-state index contributed by atoms with van der Waals surface area (Å²) in [5.41, 5.74) is 8.96. The molecule has 0 atom stereocenters. The Kier molecular flexibility index (Phi) is 3.31. The second-order valence-electron chi connectivity index (χ2n) is 4.86. The van der Waals surface area contributed by atoms with E-state index in [9.17, 15) is 4.79 Å². The highest BCUT2D eigenvalue weighted by Crippen LogP contribution is 2.20. The summed E-state index contributed by atoms with van der Waals surface area (Å²) in [4.78, 5) is 12.0. The molecule has 3 rings (SSSR count). The summed E-state index contributed by atoms with van der Waals surface area (Å²) >= 11 is 0. The lowest BCUT2D eigenvalue weighted by atomic mass is 10.1. The van der Waals surface area contributed by atoms with Crippen molar-refractivity contribution in [3.05, 3.63) is 59.7 Å². The average molecular weight is 281 g/mol. The van der Waals surface area contributed by atoms with Gasteiger partial charge in [-0.05, 0) is 43.3 Å². The quantitative estimate of drug-likeness (QED) is 0.859. The third-order valence-corrected chi connectivity index (χ3v) is 3.20. The number of rotatable bonds is 2. The number of benzene rings is 2. The molecule has 0 fully saturated rings. The van der Waals surface area contributed by atoms with Crippen LogP contribution in [-0.2, 0) is 9.53 Å². The molecule has 5 heteroatoms. The molecular weight excluding hydrogens is 266 g/mol. The molecule has 0 saturated heterocycles. The SMILES string of the molecule is Cc1ccc(C2=NN(c3ccc(N)cc3)C(=O)CO2)cc1. The molecule has 2 N–H and O–H groups in total. The Balaban J connectivity index is 1.96. The van der Waals surface area contributed by atoms with Crippen LogP contribution in [0, 0.1) is 6.92 Å². The highest BCUT2D eigenvalue weighted by atomic mass is 16.5. The highest BCUT2D eigenvalue weighted by molar-refractivity contribution is 6.04. The number of ether oxygens (including phenoxy) is 1. The molecule has 106 valence electrons. The fraction of sp³-hybridized carbons (Fsp3) is 0.125. The molecule has 0 unspecified atom stereocenters. The van der Waals surface area contributed by atoms with Crippen molar-refractivity contribution in [2.75, 3.05) is 17.3 Å². The topological polar surface area (TPSA) is 67.9 Å². The van der Waals surface area contributed by atoms with Crippen LogP contribution < -0.4 is 10.7 Å². The first-order valence-electron chi connectivity index (χ1n) is 6.60. The molecule has 0 saturated carbocycles. The molecule has 1 amide bonds. The van der Waals surface area contributed by atoms with Crippen LogP contribution in [0.5, 0.6) is 0 Å². The average Bonchev–Trinajstić information content (AvgIpc) is 2.50. The molecule has 2 aromatic rings. The van der Waals surface area contributed by atoms with E-state index in [1.165, 1.54) is 5.01 Å². The van der Waals surface area contributed by atoms with Gasteiger partial charge in [-0.2, -0.15) is 5.01 Å². The van der Waals surface area contributed by atoms with Crippen LogP contribution in [0.3, 0.4) is 0 Å². The number of nitrogen functional groups attached to an aromatic ring is 1. The van der Waals surface area contributed by atoms with Gasteiger partial charge in [-0.25, -0.2) is 0 Å². The lowest BCUT2D eigenvalue weighted by molar-refractivity contribution is -0.121. The van der Waals surface area contributed by atoms with E-state index in [1.54, 1.807) is 24.3 Å². The van der Waals surface area contributed by atoms with E-state index in [0.717, 1.165) is 11.1 Å². The Bertz CT molecular complexity index is 690. The molecular formula is C16H15N3O2. The van der Waals surface area contributed by atoms with Gasteiger partial charge >= 0.3 is 0 Å². The van der Waals surface area contributed by atoms with Gasteiger partial charge in [0.25, 0.3) is 5.91 Å². The molecule has 2 aromatic carbocycles. The lowest BCUT2D eigenvalue weighted by Crippen LogP contribution is -2.36. The Labute approximate surface area is 122 Å². The number of amides is 1. The van der Waals surface area contributed by atoms with Crippen LogP contribution in [0.2, 0.25) is 0 Å². The molecule has 1 aliphatic rings. The Morgan fingerprint density at radius 3 is 2.43 bits per heavy atom. The summed E-state index contributed by atoms with van der Waals surface area (Å²) in [5, 5.41) is 5.65. The zero-order valence-electron chi connectivity index (χ0n) is 11.6. The zero-order chi connectivity index (χ0) is 14.8. The minimum Gasteiger partial charge on any atom is -0.466 e. The number of aryl methyl sites for hydroxylation is 1. The summed E-state index contributed by atoms with van der Waals surface area (Å²) in [6.45, 7) is 1.98. The van der Waals surface area contributed by atoms with Gasteiger partial charge in [0.1, 0.15) is 0 Å². The summed E-state index contributed by atoms with van der Waals surface area (Å²) in [6.07, 6.45) is 0. The van der Waals surface area contributed by atoms with E-state index >= 15 is 0 Å². The van der Waals surface area contributed by atoms with Gasteiger partial charge < -0.3 is 10.5 Å². The third-order valence-electron chi connectivity index (χ3n) is 3.20. The smallest absolute Gasteiger partial charge is 0.285 e. The Hall–Kier alpha value is -2.82. The number of hydrogen-bond acceptors (Lipinski definition) is 4. The summed E-state index contributed by atoms with van der Waals surface area (Å²) in [6, 6.07) is 14.8. The maximum Gasteiger partial charge on any atom is 0.285 e. The van der Waals surface area contributed by atoms with Crippen molar-refractivity contribution in [3.63, 3.8) is 0 Å². The maximum atomic E-state index is 12.0. The van der Waals surface area contributed by atoms with Gasteiger partial charge in [-0.3, -0.25) is 4.79 Å². The zero-order valence-corrected chi connectivity index (χ0v) is 11.6. The number of anilines is 2. The van der Waals surface area contributed by atoms with Crippen molar-refractivity contribution >= 4 is 23.2 Å². The van der Waals surface area contributed by atoms with E-state index in [-0.39, 0.29) is 12.5 Å². The fourth-order valence-corrected chi connectivity index (χ4v) is 2.02. The maximum absolute atomic E-state index is 12.0. The predicted octanol–water partition coefficient (Wildman–Crippen LogP) is 2.30. The summed E-state index contributed by atoms with van der Waals surface area (Å²) < 4.78 is 5.43. The van der Waals surface area contributed by atoms with E-state index in [1.807, 2.05) is 31.2 Å². The molecule has 0 bridgehead atoms. The van der Waals surface area contributed by atoms with Gasteiger partial charge in [-0.1, -0.05) is 17.7 Å². The van der Waals surface area contributed by atoms with E-state index in [4.69, 9.17) is 10.5 Å². The van der Waals surface area contributed by atoms with Crippen molar-refractivity contribution in [3.8, 4) is 0 Å². The van der Waals surface area contributed by atoms with Crippen LogP contribution in [-0.4, -0.2) is 18.4 Å². The summed E-state index contributed by atoms with van der Waals surface area (Å²) in [7, 11) is 0. The van der Waals surface area contributed by atoms with Crippen molar-refractivity contribution in [2.45, 2.75) is 6.92 Å². The molecule has 21 heavy (non-hydrogen) atoms. The number of nitrogens with zero attached hydrogens (tertiary/aromatic N) is 2. The monoisotopic (exact) mass is 281 g/mol. The number of nitrogens with two attached hydrogens (primary N) is 1. The first-order chi connectivity index (χ1) is 10.1. The fourth-order valence-electron chi connectivity index (χ4n) is 2.02. The summed E-state index contributed by atoms with van der Waals surface area (Å²) in [5.74, 6) is 0.224. The Morgan fingerprint density at radius 1 is 1.10 bits per heavy atom. The molecule has 5 nitrogen and oxygen atoms in total. The first kappa shape index (κ1) is 13.2. The van der Waals surface area contributed by atoms with Crippen LogP contribution in [0.4, 0.5) is 11.4 Å². The molecule has 0 radical (unpaired) electrons. The van der Waals surface area contributed by atoms with Crippen molar-refractivity contribution in [1.29, 1.82) is 0 Å². The molecule has 0 spiro atoms. The normalized spacial score (nSPS) is 14.6. The predicted molar refractivity (Wildman–Crippen MR) is 82.0 cm³/mol. The van der Waals surface area contributed by atoms with E-state index in [0.29, 0.717) is 17.3 Å². The highest BCUT2D eigenvalue weighted by Gasteiger charge is 2.23. The van der Waals surface area contributed by atoms with Crippen molar-refractivity contribution in [1.82, 2.24) is 0 Å². The second kappa shape index (κ2) is 5.28. The van der Waals surface area contributed by atoms with Crippen LogP contribution in [0.1, 0.15) is 11.1 Å². The van der Waals surface area contributed by atoms with Gasteiger partial charge in [0, 0.05) is 11.3 Å². The number of hydrazone groups is 1. The largest absolute Gasteiger partial charge is 0.466 e. The number of hydrogen-bond donors (Lipinski definition) is 1. The number of carbonyl (C=O) groups is 1. The minimum absolute atomic E-state index is 0.0307. The van der Waals surface area contributed by atoms with E-state index in [2.05, 4.69) is 5.10 Å². The van der Waals surface area contributed by atoms with Crippen LogP contribution in [0.15, 0.2) is 53.6 Å². The number of carbonyl (C=O) groups excluding carboxylic acids is 1. The first-order valence-corrected chi connectivity index (χ1v) is 6.60. The molecule has 0 aromatic heterocycles.